The van der Waals surface area contributed by atoms with Crippen LogP contribution in [0, 0.1) is 12.8 Å². The number of amides is 2. The van der Waals surface area contributed by atoms with Crippen LogP contribution in [0.2, 0.25) is 0 Å². The standard InChI is InChI=1S/C18H26N2O2/c1-4-9-19(10-5-2)18(22)15-12-17(21)20(13-15)16-8-6-7-14(3)11-16/h6-8,11,15H,4-5,9-10,12-13H2,1-3H3. The molecule has 0 N–H and O–H groups in total. The number of benzene rings is 1. The van der Waals surface area contributed by atoms with Crippen molar-refractivity contribution in [1.82, 2.24) is 4.90 Å². The van der Waals surface area contributed by atoms with Crippen LogP contribution in [0.1, 0.15) is 38.7 Å². The first-order valence-electron chi connectivity index (χ1n) is 8.22. The molecule has 0 bridgehead atoms. The Bertz CT molecular complexity index is 536. The first kappa shape index (κ1) is 16.5. The van der Waals surface area contributed by atoms with Crippen LogP contribution in [-0.4, -0.2) is 36.3 Å². The van der Waals surface area contributed by atoms with Gasteiger partial charge in [0.25, 0.3) is 0 Å². The first-order valence-corrected chi connectivity index (χ1v) is 8.22. The van der Waals surface area contributed by atoms with Crippen LogP contribution in [0.4, 0.5) is 5.69 Å². The zero-order valence-electron chi connectivity index (χ0n) is 13.8. The molecule has 1 aromatic rings. The lowest BCUT2D eigenvalue weighted by Gasteiger charge is -2.24. The van der Waals surface area contributed by atoms with Gasteiger partial charge < -0.3 is 9.80 Å². The van der Waals surface area contributed by atoms with E-state index < -0.39 is 0 Å². The van der Waals surface area contributed by atoms with Crippen molar-refractivity contribution in [3.8, 4) is 0 Å². The number of anilines is 1. The van der Waals surface area contributed by atoms with Crippen molar-refractivity contribution in [3.63, 3.8) is 0 Å². The Labute approximate surface area is 133 Å². The third-order valence-electron chi connectivity index (χ3n) is 4.09. The Morgan fingerprint density at radius 2 is 1.95 bits per heavy atom. The van der Waals surface area contributed by atoms with Crippen molar-refractivity contribution < 1.29 is 9.59 Å². The molecule has 0 aromatic heterocycles. The van der Waals surface area contributed by atoms with Crippen LogP contribution in [0.25, 0.3) is 0 Å². The van der Waals surface area contributed by atoms with E-state index >= 15 is 0 Å². The van der Waals surface area contributed by atoms with Gasteiger partial charge in [-0.2, -0.15) is 0 Å². The van der Waals surface area contributed by atoms with E-state index in [1.165, 1.54) is 0 Å². The van der Waals surface area contributed by atoms with Crippen LogP contribution < -0.4 is 4.90 Å². The topological polar surface area (TPSA) is 40.6 Å². The van der Waals surface area contributed by atoms with Crippen molar-refractivity contribution >= 4 is 17.5 Å². The van der Waals surface area contributed by atoms with E-state index in [9.17, 15) is 9.59 Å². The molecular formula is C18H26N2O2. The number of carbonyl (C=O) groups excluding carboxylic acids is 2. The average Bonchev–Trinajstić information content (AvgIpc) is 2.88. The summed E-state index contributed by atoms with van der Waals surface area (Å²) in [6, 6.07) is 7.90. The zero-order chi connectivity index (χ0) is 16.1. The fourth-order valence-electron chi connectivity index (χ4n) is 3.05. The molecule has 22 heavy (non-hydrogen) atoms. The summed E-state index contributed by atoms with van der Waals surface area (Å²) in [5.41, 5.74) is 2.02. The molecule has 0 saturated carbocycles. The number of hydrogen-bond acceptors (Lipinski definition) is 2. The maximum absolute atomic E-state index is 12.7. The van der Waals surface area contributed by atoms with E-state index in [0.717, 1.165) is 37.2 Å². The molecule has 1 aromatic carbocycles. The summed E-state index contributed by atoms with van der Waals surface area (Å²) in [5, 5.41) is 0. The second kappa shape index (κ2) is 7.43. The van der Waals surface area contributed by atoms with E-state index in [4.69, 9.17) is 0 Å². The molecule has 1 unspecified atom stereocenters. The van der Waals surface area contributed by atoms with Gasteiger partial charge in [0.1, 0.15) is 0 Å². The fourth-order valence-corrected chi connectivity index (χ4v) is 3.05. The first-order chi connectivity index (χ1) is 10.6. The van der Waals surface area contributed by atoms with E-state index in [2.05, 4.69) is 13.8 Å². The third-order valence-corrected chi connectivity index (χ3v) is 4.09. The number of carbonyl (C=O) groups is 2. The maximum Gasteiger partial charge on any atom is 0.228 e. The van der Waals surface area contributed by atoms with Gasteiger partial charge in [0.15, 0.2) is 0 Å². The molecule has 1 fully saturated rings. The maximum atomic E-state index is 12.7. The SMILES string of the molecule is CCCN(CCC)C(=O)C1CC(=O)N(c2cccc(C)c2)C1. The normalized spacial score (nSPS) is 17.9. The highest BCUT2D eigenvalue weighted by Gasteiger charge is 2.36. The second-order valence-electron chi connectivity index (χ2n) is 6.07. The zero-order valence-corrected chi connectivity index (χ0v) is 13.8. The van der Waals surface area contributed by atoms with Crippen LogP contribution in [0.5, 0.6) is 0 Å². The second-order valence-corrected chi connectivity index (χ2v) is 6.07. The van der Waals surface area contributed by atoms with E-state index in [-0.39, 0.29) is 17.7 Å². The lowest BCUT2D eigenvalue weighted by Crippen LogP contribution is -2.38. The summed E-state index contributed by atoms with van der Waals surface area (Å²) in [7, 11) is 0. The average molecular weight is 302 g/mol. The lowest BCUT2D eigenvalue weighted by molar-refractivity contribution is -0.135. The molecule has 2 amide bonds. The fraction of sp³-hybridized carbons (Fsp3) is 0.556. The summed E-state index contributed by atoms with van der Waals surface area (Å²) in [6.07, 6.45) is 2.23. The Morgan fingerprint density at radius 3 is 2.55 bits per heavy atom. The van der Waals surface area contributed by atoms with Crippen molar-refractivity contribution in [2.45, 2.75) is 40.0 Å². The van der Waals surface area contributed by atoms with Crippen molar-refractivity contribution in [2.75, 3.05) is 24.5 Å². The molecule has 1 saturated heterocycles. The highest BCUT2D eigenvalue weighted by molar-refractivity contribution is 6.00. The highest BCUT2D eigenvalue weighted by Crippen LogP contribution is 2.27. The molecule has 0 aliphatic carbocycles. The molecule has 2 rings (SSSR count). The minimum Gasteiger partial charge on any atom is -0.342 e. The summed E-state index contributed by atoms with van der Waals surface area (Å²) in [4.78, 5) is 28.6. The summed E-state index contributed by atoms with van der Waals surface area (Å²) >= 11 is 0. The molecule has 0 radical (unpaired) electrons. The van der Waals surface area contributed by atoms with E-state index in [1.54, 1.807) is 4.90 Å². The number of rotatable bonds is 6. The molecule has 4 heteroatoms. The van der Waals surface area contributed by atoms with Gasteiger partial charge in [-0.3, -0.25) is 9.59 Å². The van der Waals surface area contributed by atoms with Crippen LogP contribution in [-0.2, 0) is 9.59 Å². The highest BCUT2D eigenvalue weighted by atomic mass is 16.2. The Balaban J connectivity index is 2.09. The number of hydrogen-bond donors (Lipinski definition) is 0. The molecule has 4 nitrogen and oxygen atoms in total. The minimum absolute atomic E-state index is 0.0527. The van der Waals surface area contributed by atoms with Gasteiger partial charge in [0.05, 0.1) is 5.92 Å². The van der Waals surface area contributed by atoms with Gasteiger partial charge in [-0.1, -0.05) is 26.0 Å². The molecule has 1 heterocycles. The Kier molecular flexibility index (Phi) is 5.58. The quantitative estimate of drug-likeness (QED) is 0.810. The Hall–Kier alpha value is -1.84. The largest absolute Gasteiger partial charge is 0.342 e. The number of nitrogens with zero attached hydrogens (tertiary/aromatic N) is 2. The van der Waals surface area contributed by atoms with Crippen molar-refractivity contribution in [2.24, 2.45) is 5.92 Å². The van der Waals surface area contributed by atoms with Crippen molar-refractivity contribution in [1.29, 1.82) is 0 Å². The summed E-state index contributed by atoms with van der Waals surface area (Å²) < 4.78 is 0. The summed E-state index contributed by atoms with van der Waals surface area (Å²) in [6.45, 7) is 8.23. The van der Waals surface area contributed by atoms with Gasteiger partial charge in [-0.25, -0.2) is 0 Å². The predicted molar refractivity (Wildman–Crippen MR) is 88.8 cm³/mol. The molecule has 1 atom stereocenters. The summed E-state index contributed by atoms with van der Waals surface area (Å²) in [5.74, 6) is -0.0183. The van der Waals surface area contributed by atoms with Crippen molar-refractivity contribution in [3.05, 3.63) is 29.8 Å². The van der Waals surface area contributed by atoms with Crippen LogP contribution in [0.15, 0.2) is 24.3 Å². The molecule has 1 aliphatic heterocycles. The number of aryl methyl sites for hydroxylation is 1. The van der Waals surface area contributed by atoms with Crippen LogP contribution in [0.3, 0.4) is 0 Å². The molecule has 120 valence electrons. The lowest BCUT2D eigenvalue weighted by atomic mass is 10.1. The van der Waals surface area contributed by atoms with Gasteiger partial charge >= 0.3 is 0 Å². The molecular weight excluding hydrogens is 276 g/mol. The minimum atomic E-state index is -0.203. The van der Waals surface area contributed by atoms with Gasteiger partial charge in [-0.05, 0) is 37.5 Å². The van der Waals surface area contributed by atoms with Gasteiger partial charge in [0.2, 0.25) is 11.8 Å². The van der Waals surface area contributed by atoms with E-state index in [0.29, 0.717) is 13.0 Å². The molecule has 1 aliphatic rings. The van der Waals surface area contributed by atoms with Gasteiger partial charge in [-0.15, -0.1) is 0 Å². The van der Waals surface area contributed by atoms with Gasteiger partial charge in [0, 0.05) is 31.7 Å². The Morgan fingerprint density at radius 1 is 1.27 bits per heavy atom. The smallest absolute Gasteiger partial charge is 0.228 e. The monoisotopic (exact) mass is 302 g/mol. The molecule has 0 spiro atoms. The predicted octanol–water partition coefficient (Wildman–Crippen LogP) is 3.00. The van der Waals surface area contributed by atoms with Crippen LogP contribution >= 0.6 is 0 Å². The third kappa shape index (κ3) is 3.67. The van der Waals surface area contributed by atoms with E-state index in [1.807, 2.05) is 36.1 Å².